The normalized spacial score (nSPS) is 44.0. The molecule has 2 fully saturated rings. The highest BCUT2D eigenvalue weighted by atomic mass is 16.3. The molecule has 0 aliphatic carbocycles. The van der Waals surface area contributed by atoms with Gasteiger partial charge in [-0.2, -0.15) is 0 Å². The summed E-state index contributed by atoms with van der Waals surface area (Å²) in [6.45, 7) is 0. The van der Waals surface area contributed by atoms with Gasteiger partial charge in [-0.15, -0.1) is 0 Å². The minimum absolute atomic E-state index is 0.0273. The molecule has 2 aliphatic heterocycles. The molecule has 2 saturated heterocycles. The van der Waals surface area contributed by atoms with E-state index in [-0.39, 0.29) is 6.10 Å². The molecule has 0 aromatic carbocycles. The molecule has 12 heavy (non-hydrogen) atoms. The number of hydrogen-bond donors (Lipinski definition) is 1. The molecule has 2 heterocycles. The maximum absolute atomic E-state index is 9.63. The summed E-state index contributed by atoms with van der Waals surface area (Å²) >= 11 is 0. The molecule has 0 radical (unpaired) electrons. The van der Waals surface area contributed by atoms with Gasteiger partial charge in [0.2, 0.25) is 0 Å². The summed E-state index contributed by atoms with van der Waals surface area (Å²) in [5.41, 5.74) is 0. The summed E-state index contributed by atoms with van der Waals surface area (Å²) in [7, 11) is 2.23. The van der Waals surface area contributed by atoms with Gasteiger partial charge < -0.3 is 10.0 Å². The van der Waals surface area contributed by atoms with Crippen molar-refractivity contribution in [2.75, 3.05) is 7.05 Å². The Morgan fingerprint density at radius 2 is 1.83 bits per heavy atom. The van der Waals surface area contributed by atoms with Gasteiger partial charge in [-0.05, 0) is 39.2 Å². The highest BCUT2D eigenvalue weighted by Gasteiger charge is 2.31. The highest BCUT2D eigenvalue weighted by molar-refractivity contribution is 4.87. The van der Waals surface area contributed by atoms with E-state index in [0.29, 0.717) is 6.04 Å². The van der Waals surface area contributed by atoms with Gasteiger partial charge in [0.15, 0.2) is 0 Å². The number of aliphatic hydroxyl groups is 1. The summed E-state index contributed by atoms with van der Waals surface area (Å²) in [6.07, 6.45) is 7.21. The highest BCUT2D eigenvalue weighted by Crippen LogP contribution is 2.31. The van der Waals surface area contributed by atoms with Gasteiger partial charge >= 0.3 is 0 Å². The minimum Gasteiger partial charge on any atom is -0.393 e. The van der Waals surface area contributed by atoms with Crippen LogP contribution >= 0.6 is 0 Å². The first-order chi connectivity index (χ1) is 5.77. The van der Waals surface area contributed by atoms with Crippen LogP contribution in [0.1, 0.15) is 38.5 Å². The molecule has 2 nitrogen and oxygen atoms in total. The summed E-state index contributed by atoms with van der Waals surface area (Å²) in [6, 6.07) is 1.43. The number of hydrogen-bond acceptors (Lipinski definition) is 2. The lowest BCUT2D eigenvalue weighted by atomic mass is 9.95. The van der Waals surface area contributed by atoms with E-state index < -0.39 is 0 Å². The fraction of sp³-hybridized carbons (Fsp3) is 1.00. The van der Waals surface area contributed by atoms with Crippen LogP contribution in [0, 0.1) is 0 Å². The minimum atomic E-state index is -0.0273. The van der Waals surface area contributed by atoms with Crippen molar-refractivity contribution in [1.29, 1.82) is 0 Å². The Balaban J connectivity index is 2.08. The Morgan fingerprint density at radius 3 is 2.67 bits per heavy atom. The molecule has 3 atom stereocenters. The fourth-order valence-electron chi connectivity index (χ4n) is 2.74. The first-order valence-corrected chi connectivity index (χ1v) is 5.17. The Hall–Kier alpha value is -0.0800. The van der Waals surface area contributed by atoms with Crippen molar-refractivity contribution < 1.29 is 5.11 Å². The van der Waals surface area contributed by atoms with Gasteiger partial charge in [-0.1, -0.05) is 6.42 Å². The van der Waals surface area contributed by atoms with E-state index in [9.17, 15) is 5.11 Å². The molecule has 0 spiro atoms. The standard InChI is InChI=1S/C10H19NO/c1-11-8-3-2-4-9(11)7-10(12)6-5-8/h8-10,12H,2-7H2,1H3. The van der Waals surface area contributed by atoms with E-state index in [0.717, 1.165) is 18.9 Å². The third kappa shape index (κ3) is 1.50. The smallest absolute Gasteiger partial charge is 0.0555 e. The van der Waals surface area contributed by atoms with Crippen LogP contribution in [0.2, 0.25) is 0 Å². The molecule has 1 N–H and O–H groups in total. The zero-order chi connectivity index (χ0) is 8.55. The SMILES string of the molecule is CN1C2CCCC1CC(O)CC2. The molecule has 0 aromatic heterocycles. The fourth-order valence-corrected chi connectivity index (χ4v) is 2.74. The van der Waals surface area contributed by atoms with Crippen molar-refractivity contribution in [3.05, 3.63) is 0 Å². The predicted molar refractivity (Wildman–Crippen MR) is 49.0 cm³/mol. The molecular formula is C10H19NO. The summed E-state index contributed by atoms with van der Waals surface area (Å²) in [4.78, 5) is 2.50. The van der Waals surface area contributed by atoms with Crippen LogP contribution in [0.15, 0.2) is 0 Å². The van der Waals surface area contributed by atoms with Crippen molar-refractivity contribution in [2.24, 2.45) is 0 Å². The lowest BCUT2D eigenvalue weighted by molar-refractivity contribution is 0.0969. The van der Waals surface area contributed by atoms with Crippen molar-refractivity contribution in [1.82, 2.24) is 4.90 Å². The topological polar surface area (TPSA) is 23.5 Å². The molecule has 2 bridgehead atoms. The van der Waals surface area contributed by atoms with E-state index in [4.69, 9.17) is 0 Å². The van der Waals surface area contributed by atoms with Gasteiger partial charge in [0, 0.05) is 12.1 Å². The van der Waals surface area contributed by atoms with Gasteiger partial charge in [0.25, 0.3) is 0 Å². The predicted octanol–water partition coefficient (Wildman–Crippen LogP) is 1.38. The largest absolute Gasteiger partial charge is 0.393 e. The van der Waals surface area contributed by atoms with Crippen molar-refractivity contribution in [3.8, 4) is 0 Å². The van der Waals surface area contributed by atoms with Gasteiger partial charge in [-0.25, -0.2) is 0 Å². The van der Waals surface area contributed by atoms with Crippen molar-refractivity contribution in [2.45, 2.75) is 56.7 Å². The van der Waals surface area contributed by atoms with Crippen LogP contribution in [0.5, 0.6) is 0 Å². The van der Waals surface area contributed by atoms with E-state index in [2.05, 4.69) is 11.9 Å². The second-order valence-electron chi connectivity index (χ2n) is 4.37. The van der Waals surface area contributed by atoms with Gasteiger partial charge in [0.05, 0.1) is 6.10 Å². The van der Waals surface area contributed by atoms with E-state index in [1.165, 1.54) is 25.7 Å². The molecular weight excluding hydrogens is 150 g/mol. The molecule has 2 rings (SSSR count). The number of aliphatic hydroxyl groups excluding tert-OH is 1. The zero-order valence-electron chi connectivity index (χ0n) is 7.87. The number of piperidine rings is 1. The monoisotopic (exact) mass is 169 g/mol. The van der Waals surface area contributed by atoms with Crippen molar-refractivity contribution >= 4 is 0 Å². The van der Waals surface area contributed by atoms with Crippen LogP contribution in [0.3, 0.4) is 0 Å². The molecule has 0 saturated carbocycles. The third-order valence-electron chi connectivity index (χ3n) is 3.60. The number of fused-ring (bicyclic) bond motifs is 2. The quantitative estimate of drug-likeness (QED) is 0.592. The van der Waals surface area contributed by atoms with E-state index >= 15 is 0 Å². The lowest BCUT2D eigenvalue weighted by Crippen LogP contribution is -2.42. The van der Waals surface area contributed by atoms with E-state index in [1.54, 1.807) is 0 Å². The summed E-state index contributed by atoms with van der Waals surface area (Å²) in [5.74, 6) is 0. The van der Waals surface area contributed by atoms with Gasteiger partial charge in [-0.3, -0.25) is 0 Å². The van der Waals surface area contributed by atoms with Crippen LogP contribution < -0.4 is 0 Å². The maximum Gasteiger partial charge on any atom is 0.0555 e. The Kier molecular flexibility index (Phi) is 2.37. The van der Waals surface area contributed by atoms with E-state index in [1.807, 2.05) is 0 Å². The Bertz CT molecular complexity index is 160. The van der Waals surface area contributed by atoms with Crippen LogP contribution in [0.4, 0.5) is 0 Å². The van der Waals surface area contributed by atoms with Gasteiger partial charge in [0.1, 0.15) is 0 Å². The summed E-state index contributed by atoms with van der Waals surface area (Å²) < 4.78 is 0. The first kappa shape index (κ1) is 8.52. The average Bonchev–Trinajstić information content (AvgIpc) is 2.17. The first-order valence-electron chi connectivity index (χ1n) is 5.17. The summed E-state index contributed by atoms with van der Waals surface area (Å²) in [5, 5.41) is 9.63. The van der Waals surface area contributed by atoms with Crippen LogP contribution in [-0.2, 0) is 0 Å². The second-order valence-corrected chi connectivity index (χ2v) is 4.37. The second kappa shape index (κ2) is 3.35. The molecule has 2 heteroatoms. The number of nitrogens with zero attached hydrogens (tertiary/aromatic N) is 1. The molecule has 70 valence electrons. The van der Waals surface area contributed by atoms with Crippen LogP contribution in [0.25, 0.3) is 0 Å². The van der Waals surface area contributed by atoms with Crippen molar-refractivity contribution in [3.63, 3.8) is 0 Å². The molecule has 0 amide bonds. The maximum atomic E-state index is 9.63. The average molecular weight is 169 g/mol. The molecule has 2 aliphatic rings. The number of rotatable bonds is 0. The Morgan fingerprint density at radius 1 is 1.08 bits per heavy atom. The van der Waals surface area contributed by atoms with Crippen LogP contribution in [-0.4, -0.2) is 35.2 Å². The zero-order valence-corrected chi connectivity index (χ0v) is 7.87. The lowest BCUT2D eigenvalue weighted by Gasteiger charge is -2.37. The Labute approximate surface area is 74.6 Å². The molecule has 3 unspecified atom stereocenters. The third-order valence-corrected chi connectivity index (χ3v) is 3.60. The molecule has 0 aromatic rings.